The Morgan fingerprint density at radius 2 is 1.77 bits per heavy atom. The summed E-state index contributed by atoms with van der Waals surface area (Å²) in [5.74, 6) is 0.251. The van der Waals surface area contributed by atoms with Gasteiger partial charge in [-0.25, -0.2) is 0 Å². The van der Waals surface area contributed by atoms with E-state index in [-0.39, 0.29) is 17.6 Å². The third-order valence-corrected chi connectivity index (χ3v) is 4.92. The lowest BCUT2D eigenvalue weighted by Crippen LogP contribution is -2.25. The fourth-order valence-electron chi connectivity index (χ4n) is 2.08. The number of hydrogen-bond donors (Lipinski definition) is 2. The van der Waals surface area contributed by atoms with Crippen LogP contribution < -0.4 is 15.4 Å². The van der Waals surface area contributed by atoms with E-state index >= 15 is 0 Å². The molecule has 0 aliphatic rings. The molecule has 1 atom stereocenters. The maximum Gasteiger partial charge on any atom is 0.237 e. The Labute approximate surface area is 166 Å². The minimum absolute atomic E-state index is 0.128. The third kappa shape index (κ3) is 6.12. The van der Waals surface area contributed by atoms with Gasteiger partial charge in [0.25, 0.3) is 0 Å². The van der Waals surface area contributed by atoms with Crippen molar-refractivity contribution in [2.75, 3.05) is 23.5 Å². The molecule has 0 aromatic heterocycles. The highest BCUT2D eigenvalue weighted by atomic mass is 35.5. The lowest BCUT2D eigenvalue weighted by molar-refractivity contribution is -0.115. The minimum Gasteiger partial charge on any atom is -0.495 e. The highest BCUT2D eigenvalue weighted by molar-refractivity contribution is 8.01. The molecule has 0 aliphatic carbocycles. The lowest BCUT2D eigenvalue weighted by Gasteiger charge is -2.13. The number of para-hydroxylation sites is 2. The Morgan fingerprint density at radius 3 is 2.42 bits per heavy atom. The molecule has 5 nitrogen and oxygen atoms in total. The van der Waals surface area contributed by atoms with Crippen LogP contribution in [0.15, 0.2) is 42.5 Å². The molecule has 0 saturated carbocycles. The second-order valence-electron chi connectivity index (χ2n) is 5.35. The van der Waals surface area contributed by atoms with Gasteiger partial charge in [0, 0.05) is 15.7 Å². The van der Waals surface area contributed by atoms with E-state index in [4.69, 9.17) is 27.9 Å². The SMILES string of the molecule is COc1ccccc1NC(=O)CS[C@@H](C)C(=O)Nc1cc(Cl)cc(Cl)c1. The summed E-state index contributed by atoms with van der Waals surface area (Å²) in [4.78, 5) is 24.3. The standard InChI is InChI=1S/C18H18Cl2N2O3S/c1-11(18(24)21-14-8-12(19)7-13(20)9-14)26-10-17(23)22-15-5-3-4-6-16(15)25-2/h3-9,11H,10H2,1-2H3,(H,21,24)(H,22,23)/t11-/m0/s1. The number of anilines is 2. The molecule has 0 unspecified atom stereocenters. The topological polar surface area (TPSA) is 67.4 Å². The number of benzene rings is 2. The van der Waals surface area contributed by atoms with Crippen LogP contribution in [-0.2, 0) is 9.59 Å². The molecule has 2 rings (SSSR count). The highest BCUT2D eigenvalue weighted by Gasteiger charge is 2.16. The van der Waals surface area contributed by atoms with E-state index in [1.54, 1.807) is 43.3 Å². The van der Waals surface area contributed by atoms with Crippen LogP contribution in [0.4, 0.5) is 11.4 Å². The maximum atomic E-state index is 12.2. The number of carbonyl (C=O) groups is 2. The quantitative estimate of drug-likeness (QED) is 0.691. The summed E-state index contributed by atoms with van der Waals surface area (Å²) in [5.41, 5.74) is 1.10. The smallest absolute Gasteiger partial charge is 0.237 e. The van der Waals surface area contributed by atoms with Gasteiger partial charge in [-0.1, -0.05) is 35.3 Å². The molecule has 0 radical (unpaired) electrons. The van der Waals surface area contributed by atoms with E-state index in [0.717, 1.165) is 0 Å². The first-order valence-corrected chi connectivity index (χ1v) is 9.51. The summed E-state index contributed by atoms with van der Waals surface area (Å²) in [6, 6.07) is 11.9. The molecule has 8 heteroatoms. The zero-order valence-corrected chi connectivity index (χ0v) is 16.5. The van der Waals surface area contributed by atoms with Gasteiger partial charge in [0.15, 0.2) is 0 Å². The Bertz CT molecular complexity index is 782. The Morgan fingerprint density at radius 1 is 1.12 bits per heavy atom. The molecule has 0 fully saturated rings. The Balaban J connectivity index is 1.86. The van der Waals surface area contributed by atoms with Crippen LogP contribution >= 0.6 is 35.0 Å². The minimum atomic E-state index is -0.434. The average Bonchev–Trinajstić information content (AvgIpc) is 2.59. The van der Waals surface area contributed by atoms with E-state index in [2.05, 4.69) is 10.6 Å². The van der Waals surface area contributed by atoms with Crippen molar-refractivity contribution >= 4 is 58.2 Å². The van der Waals surface area contributed by atoms with Gasteiger partial charge in [-0.05, 0) is 37.3 Å². The first-order valence-electron chi connectivity index (χ1n) is 7.70. The molecule has 138 valence electrons. The molecule has 0 aliphatic heterocycles. The number of hydrogen-bond acceptors (Lipinski definition) is 4. The monoisotopic (exact) mass is 412 g/mol. The van der Waals surface area contributed by atoms with Crippen molar-refractivity contribution in [3.8, 4) is 5.75 Å². The van der Waals surface area contributed by atoms with Gasteiger partial charge >= 0.3 is 0 Å². The summed E-state index contributed by atoms with van der Waals surface area (Å²) in [6.07, 6.45) is 0. The first kappa shape index (κ1) is 20.4. The van der Waals surface area contributed by atoms with Crippen molar-refractivity contribution in [2.45, 2.75) is 12.2 Å². The summed E-state index contributed by atoms with van der Waals surface area (Å²) < 4.78 is 5.19. The predicted octanol–water partition coefficient (Wildman–Crippen LogP) is 4.70. The van der Waals surface area contributed by atoms with Crippen LogP contribution in [0.25, 0.3) is 0 Å². The second-order valence-corrected chi connectivity index (χ2v) is 7.55. The molecule has 0 bridgehead atoms. The molecule has 2 amide bonds. The fraction of sp³-hybridized carbons (Fsp3) is 0.222. The number of halogens is 2. The summed E-state index contributed by atoms with van der Waals surface area (Å²) >= 11 is 13.0. The maximum absolute atomic E-state index is 12.2. The van der Waals surface area contributed by atoms with Gasteiger partial charge in [0.2, 0.25) is 11.8 Å². The van der Waals surface area contributed by atoms with E-state index in [1.807, 2.05) is 6.07 Å². The molecule has 26 heavy (non-hydrogen) atoms. The summed E-state index contributed by atoms with van der Waals surface area (Å²) in [5, 5.41) is 5.94. The number of rotatable bonds is 7. The van der Waals surface area contributed by atoms with E-state index in [1.165, 1.54) is 18.9 Å². The number of thioether (sulfide) groups is 1. The van der Waals surface area contributed by atoms with Crippen molar-refractivity contribution in [1.29, 1.82) is 0 Å². The van der Waals surface area contributed by atoms with Crippen molar-refractivity contribution in [2.24, 2.45) is 0 Å². The molecule has 0 heterocycles. The number of ether oxygens (including phenoxy) is 1. The molecule has 2 N–H and O–H groups in total. The van der Waals surface area contributed by atoms with Gasteiger partial charge < -0.3 is 15.4 Å². The van der Waals surface area contributed by atoms with Crippen LogP contribution in [0.2, 0.25) is 10.0 Å². The number of methoxy groups -OCH3 is 1. The van der Waals surface area contributed by atoms with E-state index in [0.29, 0.717) is 27.2 Å². The van der Waals surface area contributed by atoms with Gasteiger partial charge in [-0.15, -0.1) is 11.8 Å². The van der Waals surface area contributed by atoms with Gasteiger partial charge in [-0.3, -0.25) is 9.59 Å². The molecule has 0 saturated heterocycles. The van der Waals surface area contributed by atoms with Crippen molar-refractivity contribution in [3.05, 3.63) is 52.5 Å². The second kappa shape index (κ2) is 9.71. The van der Waals surface area contributed by atoms with Crippen molar-refractivity contribution in [3.63, 3.8) is 0 Å². The van der Waals surface area contributed by atoms with Crippen LogP contribution in [0.5, 0.6) is 5.75 Å². The number of carbonyl (C=O) groups excluding carboxylic acids is 2. The zero-order chi connectivity index (χ0) is 19.1. The normalized spacial score (nSPS) is 11.5. The first-order chi connectivity index (χ1) is 12.4. The summed E-state index contributed by atoms with van der Waals surface area (Å²) in [7, 11) is 1.54. The van der Waals surface area contributed by atoms with Crippen LogP contribution in [0.1, 0.15) is 6.92 Å². The predicted molar refractivity (Wildman–Crippen MR) is 109 cm³/mol. The van der Waals surface area contributed by atoms with Crippen molar-refractivity contribution in [1.82, 2.24) is 0 Å². The lowest BCUT2D eigenvalue weighted by atomic mass is 10.3. The fourth-order valence-corrected chi connectivity index (χ4v) is 3.29. The van der Waals surface area contributed by atoms with Gasteiger partial charge in [-0.2, -0.15) is 0 Å². The average molecular weight is 413 g/mol. The molecule has 0 spiro atoms. The van der Waals surface area contributed by atoms with Crippen molar-refractivity contribution < 1.29 is 14.3 Å². The van der Waals surface area contributed by atoms with Gasteiger partial charge in [0.1, 0.15) is 5.75 Å². The molecular formula is C18H18Cl2N2O3S. The molecular weight excluding hydrogens is 395 g/mol. The van der Waals surface area contributed by atoms with Gasteiger partial charge in [0.05, 0.1) is 23.8 Å². The molecule has 2 aromatic carbocycles. The largest absolute Gasteiger partial charge is 0.495 e. The highest BCUT2D eigenvalue weighted by Crippen LogP contribution is 2.25. The third-order valence-electron chi connectivity index (χ3n) is 3.34. The van der Waals surface area contributed by atoms with E-state index in [9.17, 15) is 9.59 Å². The van der Waals surface area contributed by atoms with Crippen LogP contribution in [0.3, 0.4) is 0 Å². The molecule has 2 aromatic rings. The van der Waals surface area contributed by atoms with Crippen LogP contribution in [-0.4, -0.2) is 29.9 Å². The van der Waals surface area contributed by atoms with Crippen LogP contribution in [0, 0.1) is 0 Å². The Kier molecular flexibility index (Phi) is 7.63. The Hall–Kier alpha value is -1.89. The summed E-state index contributed by atoms with van der Waals surface area (Å²) in [6.45, 7) is 1.72. The number of amides is 2. The van der Waals surface area contributed by atoms with E-state index < -0.39 is 5.25 Å². The number of nitrogens with one attached hydrogen (secondary N) is 2. The zero-order valence-electron chi connectivity index (χ0n) is 14.2.